The van der Waals surface area contributed by atoms with Crippen molar-refractivity contribution in [1.29, 1.82) is 0 Å². The molecule has 1 aromatic carbocycles. The van der Waals surface area contributed by atoms with Crippen molar-refractivity contribution < 1.29 is 4.74 Å². The van der Waals surface area contributed by atoms with Crippen LogP contribution in [0.25, 0.3) is 0 Å². The van der Waals surface area contributed by atoms with Crippen LogP contribution in [-0.4, -0.2) is 62.3 Å². The number of hydrogen-bond donors (Lipinski definition) is 1. The first-order valence-electron chi connectivity index (χ1n) is 7.44. The van der Waals surface area contributed by atoms with Gasteiger partial charge in [0.15, 0.2) is 5.17 Å². The molecule has 0 radical (unpaired) electrons. The van der Waals surface area contributed by atoms with E-state index in [9.17, 15) is 0 Å². The van der Waals surface area contributed by atoms with Crippen LogP contribution in [0.5, 0.6) is 0 Å². The number of amidine groups is 1. The maximum atomic E-state index is 5.54. The number of thioether (sulfide) groups is 1. The fraction of sp³-hybridized carbons (Fsp3) is 0.562. The van der Waals surface area contributed by atoms with Crippen molar-refractivity contribution in [1.82, 2.24) is 10.2 Å². The van der Waals surface area contributed by atoms with Gasteiger partial charge in [0.1, 0.15) is 0 Å². The van der Waals surface area contributed by atoms with Crippen LogP contribution in [0.2, 0.25) is 0 Å². The zero-order valence-electron chi connectivity index (χ0n) is 12.9. The van der Waals surface area contributed by atoms with Gasteiger partial charge in [-0.1, -0.05) is 42.1 Å². The molecule has 1 heterocycles. The molecule has 0 bridgehead atoms. The van der Waals surface area contributed by atoms with Crippen molar-refractivity contribution >= 4 is 16.9 Å². The zero-order valence-corrected chi connectivity index (χ0v) is 13.7. The van der Waals surface area contributed by atoms with Crippen LogP contribution in [0.3, 0.4) is 0 Å². The van der Waals surface area contributed by atoms with E-state index in [0.29, 0.717) is 12.6 Å². The number of nitrogens with zero attached hydrogens (tertiary/aromatic N) is 2. The summed E-state index contributed by atoms with van der Waals surface area (Å²) < 4.78 is 5.54. The first-order chi connectivity index (χ1) is 10.2. The van der Waals surface area contributed by atoms with Gasteiger partial charge in [-0.2, -0.15) is 0 Å². The van der Waals surface area contributed by atoms with Crippen LogP contribution in [0.15, 0.2) is 35.3 Å². The number of ether oxygens (including phenoxy) is 1. The summed E-state index contributed by atoms with van der Waals surface area (Å²) in [5.74, 6) is 1.09. The van der Waals surface area contributed by atoms with Crippen molar-refractivity contribution in [3.05, 3.63) is 35.9 Å². The van der Waals surface area contributed by atoms with Crippen molar-refractivity contribution in [2.45, 2.75) is 12.5 Å². The normalized spacial score (nSPS) is 20.1. The second kappa shape index (κ2) is 9.07. The minimum atomic E-state index is 0.491. The van der Waals surface area contributed by atoms with E-state index < -0.39 is 0 Å². The Morgan fingerprint density at radius 3 is 2.86 bits per heavy atom. The van der Waals surface area contributed by atoms with E-state index in [1.54, 1.807) is 0 Å². The lowest BCUT2D eigenvalue weighted by Gasteiger charge is -2.10. The van der Waals surface area contributed by atoms with Crippen molar-refractivity contribution in [3.63, 3.8) is 0 Å². The highest BCUT2D eigenvalue weighted by molar-refractivity contribution is 8.14. The quantitative estimate of drug-likeness (QED) is 0.744. The van der Waals surface area contributed by atoms with Gasteiger partial charge in [-0.25, -0.2) is 0 Å². The van der Waals surface area contributed by atoms with Crippen LogP contribution in [-0.2, 0) is 11.2 Å². The highest BCUT2D eigenvalue weighted by atomic mass is 32.2. The molecule has 21 heavy (non-hydrogen) atoms. The number of rotatable bonds is 8. The Bertz CT molecular complexity index is 436. The van der Waals surface area contributed by atoms with E-state index in [2.05, 4.69) is 59.6 Å². The van der Waals surface area contributed by atoms with E-state index in [-0.39, 0.29) is 0 Å². The van der Waals surface area contributed by atoms with Gasteiger partial charge in [-0.05, 0) is 26.1 Å². The smallest absolute Gasteiger partial charge is 0.156 e. The minimum Gasteiger partial charge on any atom is -0.378 e. The summed E-state index contributed by atoms with van der Waals surface area (Å²) >= 11 is 1.81. The van der Waals surface area contributed by atoms with Crippen molar-refractivity contribution in [2.75, 3.05) is 46.2 Å². The van der Waals surface area contributed by atoms with Gasteiger partial charge in [-0.3, -0.25) is 4.99 Å². The molecule has 0 spiro atoms. The number of likely N-dealkylation sites (N-methyl/N-ethyl adjacent to an activating group) is 1. The Balaban J connectivity index is 1.62. The third kappa shape index (κ3) is 6.50. The van der Waals surface area contributed by atoms with Gasteiger partial charge in [0.2, 0.25) is 0 Å². The molecular weight excluding hydrogens is 282 g/mol. The Morgan fingerprint density at radius 1 is 1.29 bits per heavy atom. The molecule has 2 rings (SSSR count). The summed E-state index contributed by atoms with van der Waals surface area (Å²) in [6.07, 6.45) is 1.06. The zero-order chi connectivity index (χ0) is 14.9. The highest BCUT2D eigenvalue weighted by Crippen LogP contribution is 2.17. The molecule has 0 aromatic heterocycles. The largest absolute Gasteiger partial charge is 0.378 e. The lowest BCUT2D eigenvalue weighted by Crippen LogP contribution is -2.29. The monoisotopic (exact) mass is 307 g/mol. The van der Waals surface area contributed by atoms with E-state index in [1.807, 2.05) is 11.8 Å². The SMILES string of the molecule is CN(C)CCOCCN=C1NC(Cc2ccccc2)CS1. The highest BCUT2D eigenvalue weighted by Gasteiger charge is 2.19. The molecule has 0 amide bonds. The molecule has 1 N–H and O–H groups in total. The van der Waals surface area contributed by atoms with E-state index in [0.717, 1.165) is 37.0 Å². The van der Waals surface area contributed by atoms with Crippen molar-refractivity contribution in [3.8, 4) is 0 Å². The maximum Gasteiger partial charge on any atom is 0.156 e. The molecule has 0 aliphatic carbocycles. The molecule has 1 aliphatic heterocycles. The van der Waals surface area contributed by atoms with Gasteiger partial charge in [0.25, 0.3) is 0 Å². The average Bonchev–Trinajstić information content (AvgIpc) is 2.91. The topological polar surface area (TPSA) is 36.9 Å². The lowest BCUT2D eigenvalue weighted by atomic mass is 10.1. The molecule has 1 aromatic rings. The predicted molar refractivity (Wildman–Crippen MR) is 91.2 cm³/mol. The standard InChI is InChI=1S/C16H25N3OS/c1-19(2)9-11-20-10-8-17-16-18-15(13-21-16)12-14-6-4-3-5-7-14/h3-7,15H,8-13H2,1-2H3,(H,17,18). The lowest BCUT2D eigenvalue weighted by molar-refractivity contribution is 0.124. The Morgan fingerprint density at radius 2 is 2.10 bits per heavy atom. The molecule has 116 valence electrons. The van der Waals surface area contributed by atoms with Gasteiger partial charge in [0, 0.05) is 18.3 Å². The third-order valence-corrected chi connectivity index (χ3v) is 4.34. The maximum absolute atomic E-state index is 5.54. The number of aliphatic imine (C=N–C) groups is 1. The van der Waals surface area contributed by atoms with Gasteiger partial charge >= 0.3 is 0 Å². The summed E-state index contributed by atoms with van der Waals surface area (Å²) in [6, 6.07) is 11.1. The van der Waals surface area contributed by atoms with Crippen LogP contribution in [0.4, 0.5) is 0 Å². The summed E-state index contributed by atoms with van der Waals surface area (Å²) in [5, 5.41) is 4.56. The fourth-order valence-corrected chi connectivity index (χ4v) is 3.09. The summed E-state index contributed by atoms with van der Waals surface area (Å²) in [7, 11) is 4.10. The second-order valence-corrected chi connectivity index (χ2v) is 6.45. The van der Waals surface area contributed by atoms with Gasteiger partial charge in [0.05, 0.1) is 19.8 Å². The molecule has 1 unspecified atom stereocenters. The number of benzene rings is 1. The van der Waals surface area contributed by atoms with Crippen LogP contribution in [0, 0.1) is 0 Å². The van der Waals surface area contributed by atoms with E-state index >= 15 is 0 Å². The Labute approximate surface area is 132 Å². The third-order valence-electron chi connectivity index (χ3n) is 3.25. The van der Waals surface area contributed by atoms with E-state index in [4.69, 9.17) is 4.74 Å². The second-order valence-electron chi connectivity index (χ2n) is 5.44. The molecule has 1 atom stereocenters. The summed E-state index contributed by atoms with van der Waals surface area (Å²) in [5.41, 5.74) is 1.38. The van der Waals surface area contributed by atoms with Crippen molar-refractivity contribution in [2.24, 2.45) is 4.99 Å². The molecule has 1 aliphatic rings. The Kier molecular flexibility index (Phi) is 7.06. The molecular formula is C16H25N3OS. The first-order valence-corrected chi connectivity index (χ1v) is 8.43. The first kappa shape index (κ1) is 16.3. The molecule has 1 saturated heterocycles. The fourth-order valence-electron chi connectivity index (χ4n) is 2.10. The van der Waals surface area contributed by atoms with E-state index in [1.165, 1.54) is 5.56 Å². The number of nitrogens with one attached hydrogen (secondary N) is 1. The molecule has 5 heteroatoms. The average molecular weight is 307 g/mol. The van der Waals surface area contributed by atoms with Gasteiger partial charge in [-0.15, -0.1) is 0 Å². The van der Waals surface area contributed by atoms with Crippen LogP contribution in [0.1, 0.15) is 5.56 Å². The summed E-state index contributed by atoms with van der Waals surface area (Å²) in [4.78, 5) is 6.68. The Hall–Kier alpha value is -1.04. The van der Waals surface area contributed by atoms with Crippen LogP contribution < -0.4 is 5.32 Å². The minimum absolute atomic E-state index is 0.491. The van der Waals surface area contributed by atoms with Gasteiger partial charge < -0.3 is 15.0 Å². The summed E-state index contributed by atoms with van der Waals surface area (Å²) in [6.45, 7) is 3.17. The number of hydrogen-bond acceptors (Lipinski definition) is 4. The molecule has 0 saturated carbocycles. The predicted octanol–water partition coefficient (Wildman–Crippen LogP) is 1.87. The molecule has 4 nitrogen and oxygen atoms in total. The molecule has 1 fully saturated rings. The van der Waals surface area contributed by atoms with Crippen LogP contribution >= 0.6 is 11.8 Å².